The van der Waals surface area contributed by atoms with E-state index in [2.05, 4.69) is 13.4 Å². The van der Waals surface area contributed by atoms with Gasteiger partial charge in [-0.3, -0.25) is 4.98 Å². The molecule has 0 saturated heterocycles. The highest BCUT2D eigenvalue weighted by Gasteiger charge is 2.38. The normalized spacial score (nSPS) is 12.6. The summed E-state index contributed by atoms with van der Waals surface area (Å²) in [5, 5.41) is 1.25. The number of benzene rings is 1. The molecule has 1 heterocycles. The van der Waals surface area contributed by atoms with E-state index in [1.807, 2.05) is 0 Å². The fourth-order valence-electron chi connectivity index (χ4n) is 1.37. The lowest BCUT2D eigenvalue weighted by Gasteiger charge is -2.09. The average molecular weight is 293 g/mol. The first kappa shape index (κ1) is 13.6. The molecule has 0 atom stereocenters. The number of alkyl halides is 3. The van der Waals surface area contributed by atoms with Crippen molar-refractivity contribution in [1.82, 2.24) is 4.98 Å². The molecule has 1 aromatic heterocycles. The van der Waals surface area contributed by atoms with Crippen molar-refractivity contribution in [3.8, 4) is 5.75 Å². The highest BCUT2D eigenvalue weighted by molar-refractivity contribution is 7.82. The van der Waals surface area contributed by atoms with Crippen molar-refractivity contribution in [3.05, 3.63) is 36.7 Å². The van der Waals surface area contributed by atoms with Crippen molar-refractivity contribution in [3.63, 3.8) is 0 Å². The van der Waals surface area contributed by atoms with Gasteiger partial charge in [0.15, 0.2) is 0 Å². The highest BCUT2D eigenvalue weighted by Crippen LogP contribution is 2.24. The molecule has 19 heavy (non-hydrogen) atoms. The molecule has 0 spiro atoms. The van der Waals surface area contributed by atoms with Gasteiger partial charge in [-0.05, 0) is 23.6 Å². The molecule has 0 fully saturated rings. The number of pyridine rings is 1. The van der Waals surface area contributed by atoms with E-state index in [-0.39, 0.29) is 5.75 Å². The summed E-state index contributed by atoms with van der Waals surface area (Å²) in [5.74, 6) is -0.301. The van der Waals surface area contributed by atoms with Crippen LogP contribution in [0.3, 0.4) is 0 Å². The van der Waals surface area contributed by atoms with Gasteiger partial charge in [-0.2, -0.15) is 8.42 Å². The Morgan fingerprint density at radius 3 is 2.53 bits per heavy atom. The molecule has 0 aliphatic heterocycles. The molecule has 0 amide bonds. The molecular formula is C10H6F3NO4S. The maximum absolute atomic E-state index is 11.8. The van der Waals surface area contributed by atoms with Gasteiger partial charge in [0.1, 0.15) is 5.75 Å². The Balaban J connectivity index is 2.26. The van der Waals surface area contributed by atoms with Crippen molar-refractivity contribution < 1.29 is 30.0 Å². The Bertz CT molecular complexity index is 699. The lowest BCUT2D eigenvalue weighted by molar-refractivity contribution is -0.274. The maximum Gasteiger partial charge on any atom is 0.539 e. The molecule has 102 valence electrons. The van der Waals surface area contributed by atoms with Gasteiger partial charge >= 0.3 is 16.8 Å². The largest absolute Gasteiger partial charge is 0.539 e. The second kappa shape index (κ2) is 4.67. The summed E-state index contributed by atoms with van der Waals surface area (Å²) in [6.45, 7) is 0. The molecule has 9 heteroatoms. The summed E-state index contributed by atoms with van der Waals surface area (Å²) in [4.78, 5) is 3.79. The van der Waals surface area contributed by atoms with Crippen LogP contribution in [0, 0.1) is 0 Å². The number of fused-ring (bicyclic) bond motifs is 1. The van der Waals surface area contributed by atoms with E-state index < -0.39 is 16.8 Å². The topological polar surface area (TPSA) is 65.5 Å². The summed E-state index contributed by atoms with van der Waals surface area (Å²) in [7, 11) is -5.21. The maximum atomic E-state index is 11.8. The number of halogens is 3. The smallest absolute Gasteiger partial charge is 0.361 e. The molecule has 0 N–H and O–H groups in total. The summed E-state index contributed by atoms with van der Waals surface area (Å²) < 4.78 is 64.5. The van der Waals surface area contributed by atoms with Crippen molar-refractivity contribution in [2.24, 2.45) is 0 Å². The van der Waals surface area contributed by atoms with Crippen LogP contribution in [0.5, 0.6) is 5.75 Å². The van der Waals surface area contributed by atoms with Crippen LogP contribution < -0.4 is 4.18 Å². The number of hydrogen-bond acceptors (Lipinski definition) is 5. The Kier molecular flexibility index (Phi) is 3.33. The Labute approximate surface area is 105 Å². The molecule has 0 bridgehead atoms. The minimum atomic E-state index is -5.34. The van der Waals surface area contributed by atoms with Gasteiger partial charge < -0.3 is 4.18 Å². The van der Waals surface area contributed by atoms with Crippen LogP contribution in [-0.4, -0.2) is 19.8 Å². The predicted molar refractivity (Wildman–Crippen MR) is 58.4 cm³/mol. The van der Waals surface area contributed by atoms with Crippen LogP contribution in [0.2, 0.25) is 0 Å². The van der Waals surface area contributed by atoms with Gasteiger partial charge in [0, 0.05) is 17.8 Å². The summed E-state index contributed by atoms with van der Waals surface area (Å²) in [5.41, 5.74) is 0. The molecule has 2 rings (SSSR count). The number of hydrogen-bond donors (Lipinski definition) is 0. The first-order chi connectivity index (χ1) is 8.75. The zero-order valence-corrected chi connectivity index (χ0v) is 9.90. The van der Waals surface area contributed by atoms with Crippen molar-refractivity contribution in [2.75, 3.05) is 0 Å². The number of aromatic nitrogens is 1. The Morgan fingerprint density at radius 1 is 1.11 bits per heavy atom. The molecule has 0 saturated carbocycles. The van der Waals surface area contributed by atoms with Crippen LogP contribution in [-0.2, 0) is 14.6 Å². The van der Waals surface area contributed by atoms with Gasteiger partial charge in [-0.1, -0.05) is 6.07 Å². The van der Waals surface area contributed by atoms with E-state index >= 15 is 0 Å². The van der Waals surface area contributed by atoms with Crippen molar-refractivity contribution in [1.29, 1.82) is 0 Å². The zero-order chi connectivity index (χ0) is 14.1. The number of nitrogens with zero attached hydrogens (tertiary/aromatic N) is 1. The molecule has 0 radical (unpaired) electrons. The van der Waals surface area contributed by atoms with Gasteiger partial charge in [-0.25, -0.2) is 0 Å². The fraction of sp³-hybridized carbons (Fsp3) is 0.100. The third-order valence-electron chi connectivity index (χ3n) is 2.01. The molecule has 0 unspecified atom stereocenters. The lowest BCUT2D eigenvalue weighted by Crippen LogP contribution is -2.23. The van der Waals surface area contributed by atoms with Crippen LogP contribution in [0.1, 0.15) is 0 Å². The molecular weight excluding hydrogens is 287 g/mol. The first-order valence-corrected chi connectivity index (χ1v) is 6.14. The lowest BCUT2D eigenvalue weighted by atomic mass is 10.2. The van der Waals surface area contributed by atoms with Crippen LogP contribution >= 0.6 is 0 Å². The van der Waals surface area contributed by atoms with E-state index in [0.29, 0.717) is 5.39 Å². The molecule has 0 aliphatic carbocycles. The van der Waals surface area contributed by atoms with Crippen molar-refractivity contribution in [2.45, 2.75) is 6.36 Å². The van der Waals surface area contributed by atoms with Crippen LogP contribution in [0.4, 0.5) is 13.2 Å². The molecule has 5 nitrogen and oxygen atoms in total. The van der Waals surface area contributed by atoms with Crippen molar-refractivity contribution >= 4 is 21.2 Å². The predicted octanol–water partition coefficient (Wildman–Crippen LogP) is 2.39. The second-order valence-corrected chi connectivity index (χ2v) is 4.56. The van der Waals surface area contributed by atoms with E-state index in [4.69, 9.17) is 0 Å². The summed E-state index contributed by atoms with van der Waals surface area (Å²) in [6, 6.07) is 5.58. The van der Waals surface area contributed by atoms with E-state index in [1.165, 1.54) is 30.6 Å². The Hall–Kier alpha value is -1.87. The quantitative estimate of drug-likeness (QED) is 0.869. The second-order valence-electron chi connectivity index (χ2n) is 3.41. The van der Waals surface area contributed by atoms with Gasteiger partial charge in [0.05, 0.1) is 0 Å². The van der Waals surface area contributed by atoms with Gasteiger partial charge in [-0.15, -0.1) is 17.4 Å². The van der Waals surface area contributed by atoms with E-state index in [1.54, 1.807) is 6.07 Å². The van der Waals surface area contributed by atoms with Gasteiger partial charge in [0.25, 0.3) is 0 Å². The molecule has 1 aromatic carbocycles. The van der Waals surface area contributed by atoms with Gasteiger partial charge in [0.2, 0.25) is 0 Å². The number of rotatable bonds is 3. The van der Waals surface area contributed by atoms with E-state index in [9.17, 15) is 21.6 Å². The van der Waals surface area contributed by atoms with Crippen LogP contribution in [0.15, 0.2) is 36.7 Å². The first-order valence-electron chi connectivity index (χ1n) is 4.81. The third kappa shape index (κ3) is 3.80. The molecule has 2 aromatic rings. The summed E-state index contributed by atoms with van der Waals surface area (Å²) >= 11 is 0. The van der Waals surface area contributed by atoms with E-state index in [0.717, 1.165) is 5.39 Å². The highest BCUT2D eigenvalue weighted by atomic mass is 32.3. The SMILES string of the molecule is O=S(=O)(Oc1ccc2ccncc2c1)OC(F)(F)F. The average Bonchev–Trinajstić information content (AvgIpc) is 2.24. The monoisotopic (exact) mass is 293 g/mol. The third-order valence-corrected chi connectivity index (χ3v) is 2.80. The minimum Gasteiger partial charge on any atom is -0.361 e. The Morgan fingerprint density at radius 2 is 1.84 bits per heavy atom. The standard InChI is InChI=1S/C10H6F3NO4S/c11-10(12,13)18-19(15,16)17-9-2-1-7-3-4-14-6-8(7)5-9/h1-6H. The summed E-state index contributed by atoms with van der Waals surface area (Å²) in [6.07, 6.45) is -2.40. The van der Waals surface area contributed by atoms with Crippen LogP contribution in [0.25, 0.3) is 10.8 Å². The minimum absolute atomic E-state index is 0.301. The zero-order valence-electron chi connectivity index (χ0n) is 9.09. The molecule has 0 aliphatic rings. The fourth-order valence-corrected chi connectivity index (χ4v) is 1.97.